The molecule has 0 aliphatic heterocycles. The molecule has 0 saturated carbocycles. The fraction of sp³-hybridized carbons (Fsp3) is 0.438. The SMILES string of the molecule is CCCC(C)C(=O)Nc1ccccc1S(=O)(=O)NC(C=O)CC(=O)O. The van der Waals surface area contributed by atoms with Crippen molar-refractivity contribution in [3.63, 3.8) is 0 Å². The average molecular weight is 370 g/mol. The predicted molar refractivity (Wildman–Crippen MR) is 91.6 cm³/mol. The van der Waals surface area contributed by atoms with E-state index < -0.39 is 28.5 Å². The van der Waals surface area contributed by atoms with Gasteiger partial charge in [0.15, 0.2) is 0 Å². The molecule has 8 nitrogen and oxygen atoms in total. The molecule has 0 spiro atoms. The van der Waals surface area contributed by atoms with Crippen LogP contribution in [0.25, 0.3) is 0 Å². The fourth-order valence-electron chi connectivity index (χ4n) is 2.19. The third kappa shape index (κ3) is 6.28. The number of para-hydroxylation sites is 1. The van der Waals surface area contributed by atoms with E-state index in [1.165, 1.54) is 18.2 Å². The number of carbonyl (C=O) groups excluding carboxylic acids is 2. The molecular formula is C16H22N2O6S. The minimum atomic E-state index is -4.19. The van der Waals surface area contributed by atoms with Gasteiger partial charge in [0.2, 0.25) is 15.9 Å². The van der Waals surface area contributed by atoms with E-state index in [1.807, 2.05) is 11.6 Å². The molecule has 0 aromatic heterocycles. The fourth-order valence-corrected chi connectivity index (χ4v) is 3.52. The van der Waals surface area contributed by atoms with Crippen LogP contribution in [0.5, 0.6) is 0 Å². The van der Waals surface area contributed by atoms with Crippen LogP contribution >= 0.6 is 0 Å². The van der Waals surface area contributed by atoms with Gasteiger partial charge in [0.25, 0.3) is 0 Å². The second kappa shape index (κ2) is 9.28. The molecule has 0 saturated heterocycles. The van der Waals surface area contributed by atoms with Crippen LogP contribution in [0.4, 0.5) is 5.69 Å². The Morgan fingerprint density at radius 1 is 1.28 bits per heavy atom. The zero-order valence-electron chi connectivity index (χ0n) is 14.1. The summed E-state index contributed by atoms with van der Waals surface area (Å²) in [5, 5.41) is 11.3. The normalized spacial score (nSPS) is 13.7. The van der Waals surface area contributed by atoms with Crippen molar-refractivity contribution in [2.45, 2.75) is 44.0 Å². The molecular weight excluding hydrogens is 348 g/mol. The Morgan fingerprint density at radius 3 is 2.48 bits per heavy atom. The van der Waals surface area contributed by atoms with Crippen molar-refractivity contribution in [2.24, 2.45) is 5.92 Å². The molecule has 1 aromatic carbocycles. The average Bonchev–Trinajstić information content (AvgIpc) is 2.54. The molecule has 2 unspecified atom stereocenters. The van der Waals surface area contributed by atoms with Gasteiger partial charge in [-0.15, -0.1) is 0 Å². The highest BCUT2D eigenvalue weighted by molar-refractivity contribution is 7.89. The topological polar surface area (TPSA) is 130 Å². The Balaban J connectivity index is 3.06. The van der Waals surface area contributed by atoms with Crippen molar-refractivity contribution in [3.8, 4) is 0 Å². The van der Waals surface area contributed by atoms with E-state index in [2.05, 4.69) is 5.32 Å². The van der Waals surface area contributed by atoms with Gasteiger partial charge in [-0.3, -0.25) is 9.59 Å². The second-order valence-electron chi connectivity index (χ2n) is 5.64. The maximum atomic E-state index is 12.5. The van der Waals surface area contributed by atoms with Gasteiger partial charge in [-0.2, -0.15) is 0 Å². The van der Waals surface area contributed by atoms with Crippen molar-refractivity contribution in [1.82, 2.24) is 4.72 Å². The summed E-state index contributed by atoms with van der Waals surface area (Å²) in [5.41, 5.74) is 0.0722. The third-order valence-electron chi connectivity index (χ3n) is 3.47. The van der Waals surface area contributed by atoms with Crippen molar-refractivity contribution >= 4 is 33.9 Å². The number of sulfonamides is 1. The van der Waals surface area contributed by atoms with Crippen LogP contribution in [0.3, 0.4) is 0 Å². The number of hydrogen-bond donors (Lipinski definition) is 3. The summed E-state index contributed by atoms with van der Waals surface area (Å²) in [6, 6.07) is 4.33. The van der Waals surface area contributed by atoms with E-state index >= 15 is 0 Å². The van der Waals surface area contributed by atoms with Crippen LogP contribution < -0.4 is 10.0 Å². The standard InChI is InChI=1S/C16H22N2O6S/c1-3-6-11(2)16(22)17-13-7-4-5-8-14(13)25(23,24)18-12(10-19)9-15(20)21/h4-5,7-8,10-12,18H,3,6,9H2,1-2H3,(H,17,22)(H,20,21). The summed E-state index contributed by atoms with van der Waals surface area (Å²) in [5.74, 6) is -1.92. The summed E-state index contributed by atoms with van der Waals surface area (Å²) in [6.45, 7) is 3.68. The van der Waals surface area contributed by atoms with E-state index in [0.29, 0.717) is 6.42 Å². The number of carbonyl (C=O) groups is 3. The van der Waals surface area contributed by atoms with E-state index in [1.54, 1.807) is 13.0 Å². The van der Waals surface area contributed by atoms with Crippen LogP contribution in [0.2, 0.25) is 0 Å². The molecule has 0 heterocycles. The lowest BCUT2D eigenvalue weighted by Gasteiger charge is -2.16. The van der Waals surface area contributed by atoms with Gasteiger partial charge < -0.3 is 15.2 Å². The van der Waals surface area contributed by atoms with Crippen LogP contribution in [-0.2, 0) is 24.4 Å². The van der Waals surface area contributed by atoms with Crippen molar-refractivity contribution in [3.05, 3.63) is 24.3 Å². The number of nitrogens with one attached hydrogen (secondary N) is 2. The number of rotatable bonds is 10. The van der Waals surface area contributed by atoms with Crippen LogP contribution in [0.1, 0.15) is 33.1 Å². The predicted octanol–water partition coefficient (Wildman–Crippen LogP) is 1.38. The molecule has 0 aliphatic carbocycles. The number of carboxylic acids is 1. The Labute approximate surface area is 146 Å². The first kappa shape index (κ1) is 20.8. The maximum absolute atomic E-state index is 12.5. The van der Waals surface area contributed by atoms with Gasteiger partial charge in [-0.1, -0.05) is 32.4 Å². The number of hydrogen-bond acceptors (Lipinski definition) is 5. The second-order valence-corrected chi connectivity index (χ2v) is 7.32. The number of anilines is 1. The Morgan fingerprint density at radius 2 is 1.92 bits per heavy atom. The molecule has 0 radical (unpaired) electrons. The van der Waals surface area contributed by atoms with Crippen LogP contribution in [0, 0.1) is 5.92 Å². The molecule has 1 aromatic rings. The number of amides is 1. The van der Waals surface area contributed by atoms with Crippen molar-refractivity contribution in [1.29, 1.82) is 0 Å². The monoisotopic (exact) mass is 370 g/mol. The molecule has 0 aliphatic rings. The largest absolute Gasteiger partial charge is 0.481 e. The maximum Gasteiger partial charge on any atom is 0.305 e. The Kier molecular flexibility index (Phi) is 7.72. The summed E-state index contributed by atoms with van der Waals surface area (Å²) in [4.78, 5) is 33.5. The highest BCUT2D eigenvalue weighted by Crippen LogP contribution is 2.22. The van der Waals surface area contributed by atoms with E-state index in [-0.39, 0.29) is 28.7 Å². The molecule has 138 valence electrons. The lowest BCUT2D eigenvalue weighted by atomic mass is 10.1. The first-order chi connectivity index (χ1) is 11.7. The van der Waals surface area contributed by atoms with E-state index in [4.69, 9.17) is 5.11 Å². The summed E-state index contributed by atoms with van der Waals surface area (Å²) < 4.78 is 27.0. The van der Waals surface area contributed by atoms with Crippen molar-refractivity contribution in [2.75, 3.05) is 5.32 Å². The first-order valence-corrected chi connectivity index (χ1v) is 9.28. The molecule has 1 rings (SSSR count). The van der Waals surface area contributed by atoms with Crippen LogP contribution in [0.15, 0.2) is 29.2 Å². The summed E-state index contributed by atoms with van der Waals surface area (Å²) in [7, 11) is -4.19. The molecule has 0 bridgehead atoms. The highest BCUT2D eigenvalue weighted by atomic mass is 32.2. The first-order valence-electron chi connectivity index (χ1n) is 7.80. The zero-order chi connectivity index (χ0) is 19.0. The highest BCUT2D eigenvalue weighted by Gasteiger charge is 2.25. The number of carboxylic acid groups (broad SMARTS) is 1. The molecule has 25 heavy (non-hydrogen) atoms. The molecule has 2 atom stereocenters. The number of benzene rings is 1. The minimum absolute atomic E-state index is 0.0722. The number of aliphatic carboxylic acids is 1. The van der Waals surface area contributed by atoms with Gasteiger partial charge >= 0.3 is 5.97 Å². The lowest BCUT2D eigenvalue weighted by Crippen LogP contribution is -2.38. The number of aldehydes is 1. The summed E-state index contributed by atoms with van der Waals surface area (Å²) in [6.07, 6.45) is 1.01. The molecule has 0 fully saturated rings. The lowest BCUT2D eigenvalue weighted by molar-refractivity contribution is -0.138. The molecule has 9 heteroatoms. The molecule has 1 amide bonds. The Hall–Kier alpha value is -2.26. The van der Waals surface area contributed by atoms with Crippen molar-refractivity contribution < 1.29 is 27.9 Å². The quantitative estimate of drug-likeness (QED) is 0.534. The zero-order valence-corrected chi connectivity index (χ0v) is 14.9. The third-order valence-corrected chi connectivity index (χ3v) is 5.02. The van der Waals surface area contributed by atoms with Gasteiger partial charge in [-0.05, 0) is 18.6 Å². The smallest absolute Gasteiger partial charge is 0.305 e. The van der Waals surface area contributed by atoms with Gasteiger partial charge in [0.1, 0.15) is 11.2 Å². The van der Waals surface area contributed by atoms with Gasteiger partial charge in [-0.25, -0.2) is 13.1 Å². The summed E-state index contributed by atoms with van der Waals surface area (Å²) >= 11 is 0. The molecule has 3 N–H and O–H groups in total. The minimum Gasteiger partial charge on any atom is -0.481 e. The Bertz CT molecular complexity index is 732. The van der Waals surface area contributed by atoms with Gasteiger partial charge in [0, 0.05) is 5.92 Å². The van der Waals surface area contributed by atoms with E-state index in [9.17, 15) is 22.8 Å². The van der Waals surface area contributed by atoms with Crippen LogP contribution in [-0.4, -0.2) is 37.7 Å². The van der Waals surface area contributed by atoms with E-state index in [0.717, 1.165) is 6.42 Å². The van der Waals surface area contributed by atoms with Gasteiger partial charge in [0.05, 0.1) is 18.2 Å².